The number of para-hydroxylation sites is 1. The van der Waals surface area contributed by atoms with Gasteiger partial charge >= 0.3 is 0 Å². The number of aromatic nitrogens is 2. The number of rotatable bonds is 9. The summed E-state index contributed by atoms with van der Waals surface area (Å²) in [7, 11) is 1.56. The highest BCUT2D eigenvalue weighted by Crippen LogP contribution is 2.35. The molecule has 0 atom stereocenters. The summed E-state index contributed by atoms with van der Waals surface area (Å²) in [6.07, 6.45) is 0. The lowest BCUT2D eigenvalue weighted by Gasteiger charge is -2.36. The summed E-state index contributed by atoms with van der Waals surface area (Å²) >= 11 is 1.16. The van der Waals surface area contributed by atoms with Gasteiger partial charge in [0.05, 0.1) is 30.3 Å². The van der Waals surface area contributed by atoms with E-state index in [9.17, 15) is 14.4 Å². The van der Waals surface area contributed by atoms with E-state index in [1.54, 1.807) is 60.2 Å². The van der Waals surface area contributed by atoms with Gasteiger partial charge in [-0.05, 0) is 48.0 Å². The normalized spacial score (nSPS) is 13.9. The number of hydrogen-bond acceptors (Lipinski definition) is 9. The molecule has 3 heterocycles. The fraction of sp³-hybridized carbons (Fsp3) is 0.222. The second kappa shape index (κ2) is 13.7. The highest BCUT2D eigenvalue weighted by atomic mass is 32.2. The monoisotopic (exact) mass is 663 g/mol. The van der Waals surface area contributed by atoms with Crippen LogP contribution >= 0.6 is 11.8 Å². The van der Waals surface area contributed by atoms with Crippen LogP contribution in [0.4, 0.5) is 11.4 Å². The molecule has 2 amide bonds. The lowest BCUT2D eigenvalue weighted by Crippen LogP contribution is -2.48. The average molecular weight is 664 g/mol. The first-order chi connectivity index (χ1) is 23.4. The number of anilines is 2. The molecule has 0 unspecified atom stereocenters. The Morgan fingerprint density at radius 3 is 2.40 bits per heavy atom. The van der Waals surface area contributed by atoms with Crippen molar-refractivity contribution in [2.75, 3.05) is 56.1 Å². The number of thioether (sulfide) groups is 1. The van der Waals surface area contributed by atoms with Crippen LogP contribution in [0, 0.1) is 0 Å². The molecular weight excluding hydrogens is 630 g/mol. The van der Waals surface area contributed by atoms with Gasteiger partial charge in [-0.25, -0.2) is 4.98 Å². The molecule has 1 saturated heterocycles. The Kier molecular flexibility index (Phi) is 8.89. The summed E-state index contributed by atoms with van der Waals surface area (Å²) in [4.78, 5) is 49.1. The molecule has 1 fully saturated rings. The van der Waals surface area contributed by atoms with Gasteiger partial charge in [0, 0.05) is 55.2 Å². The molecule has 12 heteroatoms. The minimum atomic E-state index is -0.273. The van der Waals surface area contributed by atoms with Crippen LogP contribution in [0.15, 0.2) is 101 Å². The molecule has 0 aliphatic carbocycles. The van der Waals surface area contributed by atoms with Crippen molar-refractivity contribution in [1.82, 2.24) is 14.5 Å². The Balaban J connectivity index is 1.09. The van der Waals surface area contributed by atoms with Gasteiger partial charge in [0.25, 0.3) is 11.5 Å². The number of carbonyl (C=O) groups excluding carboxylic acids is 2. The number of ether oxygens (including phenoxy) is 3. The number of hydrogen-bond donors (Lipinski definition) is 1. The zero-order chi connectivity index (χ0) is 33.0. The van der Waals surface area contributed by atoms with Crippen molar-refractivity contribution in [2.24, 2.45) is 0 Å². The molecule has 4 aromatic carbocycles. The Labute approximate surface area is 281 Å². The first kappa shape index (κ1) is 31.1. The minimum Gasteiger partial charge on any atom is -0.497 e. The van der Waals surface area contributed by atoms with Gasteiger partial charge in [-0.15, -0.1) is 0 Å². The van der Waals surface area contributed by atoms with Crippen LogP contribution in [0.1, 0.15) is 15.9 Å². The van der Waals surface area contributed by atoms with E-state index in [1.807, 2.05) is 35.2 Å². The van der Waals surface area contributed by atoms with E-state index in [1.165, 1.54) is 0 Å². The minimum absolute atomic E-state index is 0.0185. The van der Waals surface area contributed by atoms with E-state index in [-0.39, 0.29) is 36.5 Å². The smallest absolute Gasteiger partial charge is 0.262 e. The van der Waals surface area contributed by atoms with E-state index in [4.69, 9.17) is 19.2 Å². The zero-order valence-corrected chi connectivity index (χ0v) is 27.1. The lowest BCUT2D eigenvalue weighted by molar-refractivity contribution is -0.113. The summed E-state index contributed by atoms with van der Waals surface area (Å²) in [6, 6.07) is 27.9. The molecule has 1 aromatic heterocycles. The highest BCUT2D eigenvalue weighted by Gasteiger charge is 2.23. The molecule has 0 bridgehead atoms. The maximum Gasteiger partial charge on any atom is 0.262 e. The largest absolute Gasteiger partial charge is 0.497 e. The van der Waals surface area contributed by atoms with Crippen LogP contribution in [-0.4, -0.2) is 72.1 Å². The number of amides is 2. The number of piperazine rings is 1. The quantitative estimate of drug-likeness (QED) is 0.174. The summed E-state index contributed by atoms with van der Waals surface area (Å²) in [6.45, 7) is 3.07. The topological polar surface area (TPSA) is 115 Å². The van der Waals surface area contributed by atoms with Gasteiger partial charge in [0.2, 0.25) is 12.7 Å². The Bertz CT molecular complexity index is 2030. The standard InChI is InChI=1S/C36H33N5O6S/c1-45-28-9-5-6-26(18-28)37-33(42)22-48-36-38-30-20-32-31(46-23-47-32)19-29(30)35(44)41(36)21-24-10-12-25(13-11-24)34(43)40-16-14-39(15-17-40)27-7-3-2-4-8-27/h2-13,18-20H,14-17,21-23H2,1H3,(H,37,42). The third-order valence-corrected chi connectivity index (χ3v) is 9.31. The zero-order valence-electron chi connectivity index (χ0n) is 26.3. The third kappa shape index (κ3) is 6.65. The summed E-state index contributed by atoms with van der Waals surface area (Å²) in [5.74, 6) is 1.37. The SMILES string of the molecule is COc1cccc(NC(=O)CSc2nc3cc4c(cc3c(=O)n2Cc2ccc(C(=O)N3CCN(c5ccccc5)CC3)cc2)OCO4)c1. The summed E-state index contributed by atoms with van der Waals surface area (Å²) in [5.41, 5.74) is 3.34. The fourth-order valence-electron chi connectivity index (χ4n) is 5.79. The van der Waals surface area contributed by atoms with Crippen molar-refractivity contribution in [3.05, 3.63) is 112 Å². The summed E-state index contributed by atoms with van der Waals surface area (Å²) < 4.78 is 17.8. The molecule has 1 N–H and O–H groups in total. The van der Waals surface area contributed by atoms with E-state index in [0.717, 1.165) is 36.1 Å². The van der Waals surface area contributed by atoms with E-state index in [2.05, 4.69) is 22.3 Å². The van der Waals surface area contributed by atoms with Crippen molar-refractivity contribution < 1.29 is 23.8 Å². The molecular formula is C36H33N5O6S. The van der Waals surface area contributed by atoms with Crippen molar-refractivity contribution in [3.63, 3.8) is 0 Å². The van der Waals surface area contributed by atoms with E-state index < -0.39 is 0 Å². The van der Waals surface area contributed by atoms with Crippen LogP contribution in [0.25, 0.3) is 10.9 Å². The van der Waals surface area contributed by atoms with Gasteiger partial charge < -0.3 is 29.3 Å². The maximum absolute atomic E-state index is 13.9. The fourth-order valence-corrected chi connectivity index (χ4v) is 6.59. The Morgan fingerprint density at radius 2 is 1.65 bits per heavy atom. The first-order valence-corrected chi connectivity index (χ1v) is 16.5. The predicted octanol–water partition coefficient (Wildman–Crippen LogP) is 4.88. The van der Waals surface area contributed by atoms with Crippen LogP contribution in [0.3, 0.4) is 0 Å². The molecule has 0 radical (unpaired) electrons. The van der Waals surface area contributed by atoms with Gasteiger partial charge in [-0.2, -0.15) is 0 Å². The molecule has 5 aromatic rings. The van der Waals surface area contributed by atoms with Crippen LogP contribution < -0.4 is 30.0 Å². The molecule has 2 aliphatic heterocycles. The van der Waals surface area contributed by atoms with E-state index in [0.29, 0.717) is 57.6 Å². The molecule has 2 aliphatic rings. The van der Waals surface area contributed by atoms with Crippen molar-refractivity contribution in [3.8, 4) is 17.2 Å². The van der Waals surface area contributed by atoms with Crippen LogP contribution in [0.5, 0.6) is 17.2 Å². The Hall–Kier alpha value is -5.49. The number of nitrogens with zero attached hydrogens (tertiary/aromatic N) is 4. The van der Waals surface area contributed by atoms with Gasteiger partial charge in [-0.3, -0.25) is 19.0 Å². The number of methoxy groups -OCH3 is 1. The number of benzene rings is 4. The second-order valence-corrected chi connectivity index (χ2v) is 12.3. The number of nitrogens with one attached hydrogen (secondary N) is 1. The highest BCUT2D eigenvalue weighted by molar-refractivity contribution is 7.99. The molecule has 7 rings (SSSR count). The second-order valence-electron chi connectivity index (χ2n) is 11.4. The molecule has 0 spiro atoms. The third-order valence-electron chi connectivity index (χ3n) is 8.33. The maximum atomic E-state index is 13.9. The molecule has 48 heavy (non-hydrogen) atoms. The van der Waals surface area contributed by atoms with Gasteiger partial charge in [-0.1, -0.05) is 48.2 Å². The molecule has 0 saturated carbocycles. The van der Waals surface area contributed by atoms with Gasteiger partial charge in [0.1, 0.15) is 5.75 Å². The van der Waals surface area contributed by atoms with Crippen molar-refractivity contribution >= 4 is 45.9 Å². The van der Waals surface area contributed by atoms with Crippen LogP contribution in [0.2, 0.25) is 0 Å². The molecule has 244 valence electrons. The van der Waals surface area contributed by atoms with Crippen LogP contribution in [-0.2, 0) is 11.3 Å². The number of fused-ring (bicyclic) bond motifs is 2. The van der Waals surface area contributed by atoms with E-state index >= 15 is 0 Å². The van der Waals surface area contributed by atoms with Gasteiger partial charge in [0.15, 0.2) is 16.7 Å². The predicted molar refractivity (Wildman–Crippen MR) is 185 cm³/mol. The first-order valence-electron chi connectivity index (χ1n) is 15.5. The lowest BCUT2D eigenvalue weighted by atomic mass is 10.1. The summed E-state index contributed by atoms with van der Waals surface area (Å²) in [5, 5.41) is 3.63. The Morgan fingerprint density at radius 1 is 0.896 bits per heavy atom. The van der Waals surface area contributed by atoms with Crippen molar-refractivity contribution in [2.45, 2.75) is 11.7 Å². The average Bonchev–Trinajstić information content (AvgIpc) is 3.59. The molecule has 11 nitrogen and oxygen atoms in total. The number of carbonyl (C=O) groups is 2. The van der Waals surface area contributed by atoms with Crippen molar-refractivity contribution in [1.29, 1.82) is 0 Å².